The van der Waals surface area contributed by atoms with Gasteiger partial charge in [0, 0.05) is 19.5 Å². The highest BCUT2D eigenvalue weighted by atomic mass is 32.2. The summed E-state index contributed by atoms with van der Waals surface area (Å²) in [6, 6.07) is 0. The third-order valence-corrected chi connectivity index (χ3v) is 4.15. The molecule has 1 saturated heterocycles. The second-order valence-corrected chi connectivity index (χ2v) is 5.69. The first kappa shape index (κ1) is 13.4. The van der Waals surface area contributed by atoms with E-state index in [1.807, 2.05) is 0 Å². The van der Waals surface area contributed by atoms with Crippen LogP contribution in [0, 0.1) is 0 Å². The van der Waals surface area contributed by atoms with Crippen LogP contribution in [0.1, 0.15) is 11.4 Å². The summed E-state index contributed by atoms with van der Waals surface area (Å²) in [4.78, 5) is 32.5. The van der Waals surface area contributed by atoms with Gasteiger partial charge in [0.15, 0.2) is 5.16 Å². The first-order valence-electron chi connectivity index (χ1n) is 6.55. The Morgan fingerprint density at radius 2 is 2.40 bits per heavy atom. The average molecular weight is 296 g/mol. The van der Waals surface area contributed by atoms with E-state index in [-0.39, 0.29) is 18.4 Å². The van der Waals surface area contributed by atoms with Gasteiger partial charge in [-0.25, -0.2) is 4.98 Å². The van der Waals surface area contributed by atoms with E-state index in [1.165, 1.54) is 11.8 Å². The van der Waals surface area contributed by atoms with Crippen molar-refractivity contribution in [3.63, 3.8) is 0 Å². The lowest BCUT2D eigenvalue weighted by atomic mass is 10.2. The molecule has 0 aromatic carbocycles. The number of piperazine rings is 1. The van der Waals surface area contributed by atoms with Gasteiger partial charge in [-0.3, -0.25) is 9.59 Å². The average Bonchev–Trinajstić information content (AvgIpc) is 2.87. The lowest BCUT2D eigenvalue weighted by molar-refractivity contribution is -0.136. The fraction of sp³-hybridized carbons (Fsp3) is 0.583. The number of rotatable bonds is 3. The lowest BCUT2D eigenvalue weighted by Gasteiger charge is -2.26. The minimum Gasteiger partial charge on any atom is -0.375 e. The van der Waals surface area contributed by atoms with Gasteiger partial charge in [-0.15, -0.1) is 0 Å². The topological polar surface area (TPSA) is 87.3 Å². The Balaban J connectivity index is 1.54. The molecular weight excluding hydrogens is 280 g/mol. The molecule has 7 nitrogen and oxygen atoms in total. The zero-order valence-electron chi connectivity index (χ0n) is 11.0. The Morgan fingerprint density at radius 1 is 1.50 bits per heavy atom. The van der Waals surface area contributed by atoms with E-state index in [0.29, 0.717) is 32.1 Å². The number of H-pyrrole nitrogens is 1. The van der Waals surface area contributed by atoms with Crippen LogP contribution >= 0.6 is 11.8 Å². The maximum absolute atomic E-state index is 12.0. The number of nitrogens with zero attached hydrogens (tertiary/aromatic N) is 2. The molecule has 0 radical (unpaired) electrons. The molecule has 0 unspecified atom stereocenters. The molecule has 2 aliphatic rings. The molecular formula is C12H16N4O3S. The first-order valence-corrected chi connectivity index (χ1v) is 7.54. The van der Waals surface area contributed by atoms with Gasteiger partial charge in [0.05, 0.1) is 36.9 Å². The van der Waals surface area contributed by atoms with Crippen LogP contribution < -0.4 is 5.32 Å². The van der Waals surface area contributed by atoms with Crippen LogP contribution in [0.15, 0.2) is 5.16 Å². The largest absolute Gasteiger partial charge is 0.375 e. The molecule has 0 aliphatic carbocycles. The standard InChI is InChI=1S/C12H16N4O3S/c17-10-5-16(3-2-13-10)11(18)7-20-12-14-8-1-4-19-6-9(8)15-12/h1-7H2,(H,13,17)(H,14,15). The van der Waals surface area contributed by atoms with E-state index in [0.717, 1.165) is 23.0 Å². The number of hydrogen-bond donors (Lipinski definition) is 2. The molecule has 1 fully saturated rings. The van der Waals surface area contributed by atoms with Gasteiger partial charge in [0.1, 0.15) is 0 Å². The van der Waals surface area contributed by atoms with Crippen molar-refractivity contribution < 1.29 is 14.3 Å². The molecule has 1 aromatic rings. The number of hydrogen-bond acceptors (Lipinski definition) is 5. The second-order valence-electron chi connectivity index (χ2n) is 4.72. The third kappa shape index (κ3) is 2.96. The van der Waals surface area contributed by atoms with E-state index >= 15 is 0 Å². The van der Waals surface area contributed by atoms with Crippen molar-refractivity contribution in [2.24, 2.45) is 0 Å². The van der Waals surface area contributed by atoms with Crippen molar-refractivity contribution in [3.05, 3.63) is 11.4 Å². The van der Waals surface area contributed by atoms with Crippen molar-refractivity contribution in [1.29, 1.82) is 0 Å². The van der Waals surface area contributed by atoms with Crippen LogP contribution in [0.3, 0.4) is 0 Å². The summed E-state index contributed by atoms with van der Waals surface area (Å²) in [6.07, 6.45) is 0.812. The van der Waals surface area contributed by atoms with Gasteiger partial charge < -0.3 is 19.9 Å². The normalized spacial score (nSPS) is 18.6. The number of carbonyl (C=O) groups is 2. The molecule has 108 valence electrons. The van der Waals surface area contributed by atoms with Crippen LogP contribution in [0.2, 0.25) is 0 Å². The molecule has 3 rings (SSSR count). The summed E-state index contributed by atoms with van der Waals surface area (Å²) in [7, 11) is 0. The zero-order valence-corrected chi connectivity index (χ0v) is 11.8. The molecule has 0 atom stereocenters. The molecule has 2 N–H and O–H groups in total. The van der Waals surface area contributed by atoms with Crippen molar-refractivity contribution in [3.8, 4) is 0 Å². The molecule has 2 aliphatic heterocycles. The monoisotopic (exact) mass is 296 g/mol. The number of fused-ring (bicyclic) bond motifs is 1. The Morgan fingerprint density at radius 3 is 3.20 bits per heavy atom. The van der Waals surface area contributed by atoms with E-state index in [4.69, 9.17) is 4.74 Å². The zero-order chi connectivity index (χ0) is 13.9. The smallest absolute Gasteiger partial charge is 0.239 e. The molecule has 8 heteroatoms. The van der Waals surface area contributed by atoms with Crippen molar-refractivity contribution >= 4 is 23.6 Å². The van der Waals surface area contributed by atoms with Crippen molar-refractivity contribution in [1.82, 2.24) is 20.2 Å². The van der Waals surface area contributed by atoms with Gasteiger partial charge in [0.2, 0.25) is 11.8 Å². The summed E-state index contributed by atoms with van der Waals surface area (Å²) in [5.74, 6) is 0.163. The third-order valence-electron chi connectivity index (χ3n) is 3.30. The summed E-state index contributed by atoms with van der Waals surface area (Å²) >= 11 is 1.37. The fourth-order valence-electron chi connectivity index (χ4n) is 2.23. The Labute approximate surface area is 120 Å². The summed E-state index contributed by atoms with van der Waals surface area (Å²) < 4.78 is 5.34. The molecule has 2 amide bonds. The highest BCUT2D eigenvalue weighted by Gasteiger charge is 2.22. The summed E-state index contributed by atoms with van der Waals surface area (Å²) in [5.41, 5.74) is 2.03. The van der Waals surface area contributed by atoms with Crippen LogP contribution in [-0.2, 0) is 27.4 Å². The number of aromatic amines is 1. The number of ether oxygens (including phenoxy) is 1. The van der Waals surface area contributed by atoms with Crippen LogP contribution in [-0.4, -0.2) is 58.7 Å². The number of amides is 2. The number of aromatic nitrogens is 2. The molecule has 0 spiro atoms. The second kappa shape index (κ2) is 5.84. The quantitative estimate of drug-likeness (QED) is 0.737. The van der Waals surface area contributed by atoms with Gasteiger partial charge in [-0.2, -0.15) is 0 Å². The van der Waals surface area contributed by atoms with Gasteiger partial charge in [-0.1, -0.05) is 11.8 Å². The van der Waals surface area contributed by atoms with E-state index in [2.05, 4.69) is 15.3 Å². The van der Waals surface area contributed by atoms with Crippen molar-refractivity contribution in [2.75, 3.05) is 32.0 Å². The highest BCUT2D eigenvalue weighted by molar-refractivity contribution is 7.99. The number of nitrogens with one attached hydrogen (secondary N) is 2. The van der Waals surface area contributed by atoms with E-state index in [9.17, 15) is 9.59 Å². The minimum atomic E-state index is -0.0970. The minimum absolute atomic E-state index is 0.0320. The fourth-order valence-corrected chi connectivity index (χ4v) is 3.04. The van der Waals surface area contributed by atoms with Gasteiger partial charge >= 0.3 is 0 Å². The van der Waals surface area contributed by atoms with Crippen LogP contribution in [0.4, 0.5) is 0 Å². The van der Waals surface area contributed by atoms with Crippen LogP contribution in [0.25, 0.3) is 0 Å². The first-order chi connectivity index (χ1) is 9.72. The maximum atomic E-state index is 12.0. The number of thioether (sulfide) groups is 1. The predicted molar refractivity (Wildman–Crippen MR) is 72.3 cm³/mol. The van der Waals surface area contributed by atoms with E-state index < -0.39 is 0 Å². The van der Waals surface area contributed by atoms with Crippen molar-refractivity contribution in [2.45, 2.75) is 18.2 Å². The lowest BCUT2D eigenvalue weighted by Crippen LogP contribution is -2.50. The van der Waals surface area contributed by atoms with E-state index in [1.54, 1.807) is 4.90 Å². The molecule has 0 saturated carbocycles. The molecule has 1 aromatic heterocycles. The number of carbonyl (C=O) groups excluding carboxylic acids is 2. The Hall–Kier alpha value is -1.54. The molecule has 0 bridgehead atoms. The maximum Gasteiger partial charge on any atom is 0.239 e. The number of imidazole rings is 1. The molecule has 3 heterocycles. The summed E-state index contributed by atoms with van der Waals surface area (Å²) in [6.45, 7) is 2.52. The Bertz CT molecular complexity index is 507. The SMILES string of the molecule is O=C1CN(C(=O)CSc2nc3c([nH]2)COCC3)CCN1. The predicted octanol–water partition coefficient (Wildman–Crippen LogP) is -0.467. The van der Waals surface area contributed by atoms with Crippen LogP contribution in [0.5, 0.6) is 0 Å². The Kier molecular flexibility index (Phi) is 3.93. The van der Waals surface area contributed by atoms with Gasteiger partial charge in [0.25, 0.3) is 0 Å². The summed E-state index contributed by atoms with van der Waals surface area (Å²) in [5, 5.41) is 3.45. The molecule has 20 heavy (non-hydrogen) atoms. The van der Waals surface area contributed by atoms with Gasteiger partial charge in [-0.05, 0) is 0 Å². The highest BCUT2D eigenvalue weighted by Crippen LogP contribution is 2.21.